The highest BCUT2D eigenvalue weighted by Crippen LogP contribution is 2.23. The molecule has 1 N–H and O–H groups in total. The molecule has 0 saturated carbocycles. The summed E-state index contributed by atoms with van der Waals surface area (Å²) in [7, 11) is 0. The van der Waals surface area contributed by atoms with Gasteiger partial charge in [-0.2, -0.15) is 0 Å². The Bertz CT molecular complexity index is 1020. The predicted octanol–water partition coefficient (Wildman–Crippen LogP) is 4.04. The van der Waals surface area contributed by atoms with Crippen molar-refractivity contribution in [3.8, 4) is 5.75 Å². The molecule has 1 amide bonds. The minimum atomic E-state index is -0.0583. The zero-order valence-corrected chi connectivity index (χ0v) is 18.8. The van der Waals surface area contributed by atoms with Gasteiger partial charge >= 0.3 is 0 Å². The lowest BCUT2D eigenvalue weighted by Crippen LogP contribution is -2.44. The molecule has 1 aliphatic rings. The molecular weight excluding hydrogens is 402 g/mol. The lowest BCUT2D eigenvalue weighted by atomic mass is 10.1. The molecule has 32 heavy (non-hydrogen) atoms. The first-order chi connectivity index (χ1) is 15.6. The number of para-hydroxylation sites is 1. The Balaban J connectivity index is 1.20. The summed E-state index contributed by atoms with van der Waals surface area (Å²) in [4.78, 5) is 19.2. The maximum Gasteiger partial charge on any atom is 0.251 e. The molecule has 0 spiro atoms. The van der Waals surface area contributed by atoms with Gasteiger partial charge in [-0.1, -0.05) is 30.3 Å². The largest absolute Gasteiger partial charge is 0.491 e. The topological polar surface area (TPSA) is 63.7 Å². The van der Waals surface area contributed by atoms with E-state index in [4.69, 9.17) is 9.47 Å². The van der Waals surface area contributed by atoms with Gasteiger partial charge in [0.2, 0.25) is 0 Å². The second-order valence-corrected chi connectivity index (χ2v) is 8.44. The minimum absolute atomic E-state index is 0.0583. The Morgan fingerprint density at radius 2 is 1.84 bits per heavy atom. The van der Waals surface area contributed by atoms with E-state index in [-0.39, 0.29) is 18.1 Å². The number of amides is 1. The maximum atomic E-state index is 12.5. The molecule has 1 saturated heterocycles. The van der Waals surface area contributed by atoms with E-state index < -0.39 is 0 Å². The van der Waals surface area contributed by atoms with E-state index in [0.717, 1.165) is 42.7 Å². The van der Waals surface area contributed by atoms with Crippen LogP contribution in [0, 0.1) is 0 Å². The smallest absolute Gasteiger partial charge is 0.251 e. The van der Waals surface area contributed by atoms with E-state index in [1.54, 1.807) is 6.20 Å². The highest BCUT2D eigenvalue weighted by molar-refractivity contribution is 5.94. The number of morpholine rings is 1. The molecule has 0 aliphatic carbocycles. The molecule has 1 aromatic heterocycles. The maximum absolute atomic E-state index is 12.5. The van der Waals surface area contributed by atoms with Gasteiger partial charge in [0, 0.05) is 43.3 Å². The molecule has 0 bridgehead atoms. The molecule has 0 radical (unpaired) electrons. The van der Waals surface area contributed by atoms with Crippen molar-refractivity contribution < 1.29 is 14.3 Å². The molecule has 1 fully saturated rings. The summed E-state index contributed by atoms with van der Waals surface area (Å²) in [5, 5.41) is 4.03. The van der Waals surface area contributed by atoms with Crippen molar-refractivity contribution in [1.29, 1.82) is 0 Å². The zero-order valence-electron chi connectivity index (χ0n) is 18.8. The molecule has 6 heteroatoms. The number of aromatic nitrogens is 1. The second-order valence-electron chi connectivity index (χ2n) is 8.44. The van der Waals surface area contributed by atoms with E-state index in [2.05, 4.69) is 29.0 Å². The number of carbonyl (C=O) groups is 1. The summed E-state index contributed by atoms with van der Waals surface area (Å²) in [6, 6.07) is 17.7. The Morgan fingerprint density at radius 1 is 1.09 bits per heavy atom. The number of nitrogens with one attached hydrogen (secondary N) is 1. The minimum Gasteiger partial charge on any atom is -0.491 e. The summed E-state index contributed by atoms with van der Waals surface area (Å²) in [5.74, 6) is 0.714. The summed E-state index contributed by atoms with van der Waals surface area (Å²) in [5.41, 5.74) is 2.75. The van der Waals surface area contributed by atoms with E-state index in [1.807, 2.05) is 54.6 Å². The Hall–Kier alpha value is -2.96. The lowest BCUT2D eigenvalue weighted by Gasteiger charge is -2.35. The van der Waals surface area contributed by atoms with Crippen LogP contribution in [0.5, 0.6) is 5.75 Å². The number of hydrogen-bond donors (Lipinski definition) is 1. The molecule has 1 aliphatic heterocycles. The number of ether oxygens (including phenoxy) is 2. The molecular formula is C26H31N3O3. The van der Waals surface area contributed by atoms with Gasteiger partial charge in [-0.25, -0.2) is 0 Å². The fourth-order valence-electron chi connectivity index (χ4n) is 4.18. The fraction of sp³-hybridized carbons (Fsp3) is 0.385. The van der Waals surface area contributed by atoms with Crippen molar-refractivity contribution in [2.75, 3.05) is 26.2 Å². The van der Waals surface area contributed by atoms with Crippen molar-refractivity contribution in [1.82, 2.24) is 15.2 Å². The summed E-state index contributed by atoms with van der Waals surface area (Å²) >= 11 is 0. The first kappa shape index (κ1) is 22.2. The van der Waals surface area contributed by atoms with Gasteiger partial charge < -0.3 is 14.8 Å². The van der Waals surface area contributed by atoms with Gasteiger partial charge in [-0.05, 0) is 50.1 Å². The highest BCUT2D eigenvalue weighted by Gasteiger charge is 2.22. The van der Waals surface area contributed by atoms with Crippen molar-refractivity contribution >= 4 is 16.8 Å². The van der Waals surface area contributed by atoms with E-state index >= 15 is 0 Å². The van der Waals surface area contributed by atoms with E-state index in [1.165, 1.54) is 5.56 Å². The van der Waals surface area contributed by atoms with Crippen LogP contribution in [0.15, 0.2) is 60.8 Å². The van der Waals surface area contributed by atoms with Crippen LogP contribution in [0.2, 0.25) is 0 Å². The second kappa shape index (κ2) is 10.6. The van der Waals surface area contributed by atoms with E-state index in [9.17, 15) is 4.79 Å². The number of benzene rings is 2. The fourth-order valence-corrected chi connectivity index (χ4v) is 4.18. The third-order valence-electron chi connectivity index (χ3n) is 5.58. The van der Waals surface area contributed by atoms with Crippen LogP contribution in [0.4, 0.5) is 0 Å². The average molecular weight is 434 g/mol. The molecule has 2 unspecified atom stereocenters. The Kier molecular flexibility index (Phi) is 7.35. The molecule has 168 valence electrons. The molecule has 4 rings (SSSR count). The number of fused-ring (bicyclic) bond motifs is 1. The molecule has 2 aromatic carbocycles. The summed E-state index contributed by atoms with van der Waals surface area (Å²) < 4.78 is 11.7. The third-order valence-corrected chi connectivity index (χ3v) is 5.58. The molecule has 3 aromatic rings. The van der Waals surface area contributed by atoms with Crippen LogP contribution in [0.25, 0.3) is 10.9 Å². The third kappa shape index (κ3) is 5.84. The highest BCUT2D eigenvalue weighted by atomic mass is 16.5. The van der Waals surface area contributed by atoms with Crippen LogP contribution in [0.1, 0.15) is 36.2 Å². The summed E-state index contributed by atoms with van der Waals surface area (Å²) in [6.07, 6.45) is 3.00. The van der Waals surface area contributed by atoms with Crippen molar-refractivity contribution in [2.45, 2.75) is 39.0 Å². The van der Waals surface area contributed by atoms with Gasteiger partial charge in [0.15, 0.2) is 0 Å². The van der Waals surface area contributed by atoms with Crippen molar-refractivity contribution in [3.63, 3.8) is 0 Å². The lowest BCUT2D eigenvalue weighted by molar-refractivity contribution is -0.0704. The van der Waals surface area contributed by atoms with Crippen LogP contribution in [0.3, 0.4) is 0 Å². The van der Waals surface area contributed by atoms with Crippen LogP contribution >= 0.6 is 0 Å². The zero-order chi connectivity index (χ0) is 22.3. The molecule has 2 atom stereocenters. The van der Waals surface area contributed by atoms with Crippen molar-refractivity contribution in [2.24, 2.45) is 0 Å². The first-order valence-corrected chi connectivity index (χ1v) is 11.3. The van der Waals surface area contributed by atoms with Crippen LogP contribution < -0.4 is 10.1 Å². The van der Waals surface area contributed by atoms with Gasteiger partial charge in [0.25, 0.3) is 5.91 Å². The first-order valence-electron chi connectivity index (χ1n) is 11.3. The number of nitrogens with zero attached hydrogens (tertiary/aromatic N) is 2. The quantitative estimate of drug-likeness (QED) is 0.543. The van der Waals surface area contributed by atoms with Crippen molar-refractivity contribution in [3.05, 3.63) is 71.9 Å². The predicted molar refractivity (Wildman–Crippen MR) is 126 cm³/mol. The standard InChI is InChI=1S/C26H31N3O3/c1-19-16-29(17-20(2)32-19)18-21-9-11-23(12-10-21)26(30)28-14-5-15-31-24-8-3-6-22-7-4-13-27-25(22)24/h3-4,6-13,19-20H,5,14-18H2,1-2H3,(H,28,30). The van der Waals surface area contributed by atoms with Crippen LogP contribution in [-0.2, 0) is 11.3 Å². The van der Waals surface area contributed by atoms with Gasteiger partial charge in [0.05, 0.1) is 18.8 Å². The Morgan fingerprint density at radius 3 is 2.62 bits per heavy atom. The average Bonchev–Trinajstić information content (AvgIpc) is 2.78. The van der Waals surface area contributed by atoms with Crippen LogP contribution in [-0.4, -0.2) is 54.2 Å². The van der Waals surface area contributed by atoms with Gasteiger partial charge in [-0.3, -0.25) is 14.7 Å². The molecule has 2 heterocycles. The number of pyridine rings is 1. The van der Waals surface area contributed by atoms with Gasteiger partial charge in [-0.15, -0.1) is 0 Å². The monoisotopic (exact) mass is 433 g/mol. The summed E-state index contributed by atoms with van der Waals surface area (Å²) in [6.45, 7) is 8.04. The molecule has 6 nitrogen and oxygen atoms in total. The van der Waals surface area contributed by atoms with Gasteiger partial charge in [0.1, 0.15) is 11.3 Å². The number of hydrogen-bond acceptors (Lipinski definition) is 5. The Labute approximate surface area is 189 Å². The SMILES string of the molecule is CC1CN(Cc2ccc(C(=O)NCCCOc3cccc4cccnc34)cc2)CC(C)O1. The number of carbonyl (C=O) groups excluding carboxylic acids is 1. The van der Waals surface area contributed by atoms with E-state index in [0.29, 0.717) is 18.7 Å². The number of rotatable bonds is 8. The normalized spacial score (nSPS) is 19.1.